The van der Waals surface area contributed by atoms with Crippen LogP contribution in [0.15, 0.2) is 205 Å². The highest BCUT2D eigenvalue weighted by Crippen LogP contribution is 2.58. The average molecular weight is 690 g/mol. The molecule has 0 spiro atoms. The van der Waals surface area contributed by atoms with Gasteiger partial charge in [0.05, 0.1) is 27.8 Å². The quantitative estimate of drug-likeness (QED) is 0.128. The lowest BCUT2D eigenvalue weighted by Gasteiger charge is -2.33. The number of para-hydroxylation sites is 2. The molecule has 1 aromatic heterocycles. The van der Waals surface area contributed by atoms with Crippen LogP contribution in [0, 0.1) is 5.41 Å². The predicted molar refractivity (Wildman–Crippen MR) is 225 cm³/mol. The molecule has 0 bridgehead atoms. The van der Waals surface area contributed by atoms with E-state index in [1.807, 2.05) is 60.9 Å². The van der Waals surface area contributed by atoms with Gasteiger partial charge in [0.1, 0.15) is 6.34 Å². The number of rotatable bonds is 7. The van der Waals surface area contributed by atoms with E-state index < -0.39 is 5.41 Å². The SMILES string of the molecule is N=C(c1ccc(-c2ccccc2)cc1)c1ccccc1/N=C/n1c2ccccc2c2c3c(ccc21)C(c1ccccc1)(c1ccccc1)c1ccccc1-3. The molecule has 0 saturated heterocycles. The molecule has 0 atom stereocenters. The molecule has 0 unspecified atom stereocenters. The Hall–Kier alpha value is -7.10. The third kappa shape index (κ3) is 4.83. The van der Waals surface area contributed by atoms with E-state index in [4.69, 9.17) is 4.99 Å². The summed E-state index contributed by atoms with van der Waals surface area (Å²) >= 11 is 0. The van der Waals surface area contributed by atoms with Crippen molar-refractivity contribution in [3.8, 4) is 22.3 Å². The Balaban J connectivity index is 1.13. The summed E-state index contributed by atoms with van der Waals surface area (Å²) in [5, 5.41) is 11.7. The number of fused-ring (bicyclic) bond motifs is 7. The first-order valence-electron chi connectivity index (χ1n) is 18.4. The van der Waals surface area contributed by atoms with E-state index in [2.05, 4.69) is 150 Å². The van der Waals surface area contributed by atoms with Gasteiger partial charge in [-0.25, -0.2) is 4.99 Å². The fraction of sp³-hybridized carbons (Fsp3) is 0.0196. The molecular weight excluding hydrogens is 655 g/mol. The van der Waals surface area contributed by atoms with Gasteiger partial charge in [0, 0.05) is 21.9 Å². The zero-order chi connectivity index (χ0) is 36.1. The van der Waals surface area contributed by atoms with Gasteiger partial charge in [0.25, 0.3) is 0 Å². The summed E-state index contributed by atoms with van der Waals surface area (Å²) in [5.41, 5.74) is 14.4. The smallest absolute Gasteiger partial charge is 0.100 e. The molecule has 3 heteroatoms. The van der Waals surface area contributed by atoms with Crippen LogP contribution in [0.1, 0.15) is 33.4 Å². The molecule has 1 aliphatic carbocycles. The van der Waals surface area contributed by atoms with Crippen molar-refractivity contribution in [2.45, 2.75) is 5.41 Å². The highest BCUT2D eigenvalue weighted by molar-refractivity contribution is 6.20. The molecule has 0 aliphatic heterocycles. The molecule has 0 amide bonds. The maximum absolute atomic E-state index is 9.25. The van der Waals surface area contributed by atoms with Crippen LogP contribution in [0.4, 0.5) is 5.69 Å². The Bertz CT molecular complexity index is 2830. The molecule has 54 heavy (non-hydrogen) atoms. The fourth-order valence-electron chi connectivity index (χ4n) is 8.68. The predicted octanol–water partition coefficient (Wildman–Crippen LogP) is 12.4. The van der Waals surface area contributed by atoms with E-state index >= 15 is 0 Å². The number of aliphatic imine (C=N–C) groups is 1. The molecule has 1 aliphatic rings. The lowest BCUT2D eigenvalue weighted by molar-refractivity contribution is 0.769. The minimum atomic E-state index is -0.474. The number of hydrogen-bond acceptors (Lipinski definition) is 2. The first kappa shape index (κ1) is 31.6. The zero-order valence-electron chi connectivity index (χ0n) is 29.5. The maximum atomic E-state index is 9.25. The van der Waals surface area contributed by atoms with Crippen LogP contribution in [-0.4, -0.2) is 16.6 Å². The summed E-state index contributed by atoms with van der Waals surface area (Å²) in [6.45, 7) is 0. The van der Waals surface area contributed by atoms with Gasteiger partial charge in [-0.1, -0.05) is 182 Å². The number of nitrogens with zero attached hydrogens (tertiary/aromatic N) is 2. The number of benzene rings is 8. The van der Waals surface area contributed by atoms with Crippen LogP contribution >= 0.6 is 0 Å². The Labute approximate surface area is 314 Å². The van der Waals surface area contributed by atoms with Crippen molar-refractivity contribution >= 4 is 39.5 Å². The first-order chi connectivity index (χ1) is 26.7. The van der Waals surface area contributed by atoms with Gasteiger partial charge < -0.3 is 0 Å². The molecule has 0 radical (unpaired) electrons. The van der Waals surface area contributed by atoms with Crippen LogP contribution < -0.4 is 0 Å². The summed E-state index contributed by atoms with van der Waals surface area (Å²) in [4.78, 5) is 5.12. The lowest BCUT2D eigenvalue weighted by atomic mass is 9.67. The Morgan fingerprint density at radius 1 is 0.500 bits per heavy atom. The van der Waals surface area contributed by atoms with Crippen molar-refractivity contribution in [2.75, 3.05) is 0 Å². The standard InChI is InChI=1S/C51H35N3/c52-50(37-30-28-36(29-31-37)35-16-4-1-5-17-35)41-23-11-14-26-45(41)53-34-54-46-27-15-12-24-42(46)49-47(54)33-32-44-48(49)40-22-10-13-25-43(40)51(44,38-18-6-2-7-19-38)39-20-8-3-9-21-39/h1-34,52H/b52-50?,53-34+. The summed E-state index contributed by atoms with van der Waals surface area (Å²) in [6.07, 6.45) is 1.93. The second-order valence-corrected chi connectivity index (χ2v) is 13.9. The molecule has 1 N–H and O–H groups in total. The molecule has 0 saturated carbocycles. The number of nitrogens with one attached hydrogen (secondary N) is 1. The molecule has 0 fully saturated rings. The normalized spacial score (nSPS) is 13.0. The van der Waals surface area contributed by atoms with Crippen molar-refractivity contribution in [3.63, 3.8) is 0 Å². The molecule has 1 heterocycles. The molecule has 9 aromatic rings. The fourth-order valence-corrected chi connectivity index (χ4v) is 8.68. The topological polar surface area (TPSA) is 41.1 Å². The second kappa shape index (κ2) is 12.8. The minimum Gasteiger partial charge on any atom is -0.300 e. The molecule has 10 rings (SSSR count). The molecular formula is C51H35N3. The number of hydrogen-bond donors (Lipinski definition) is 1. The minimum absolute atomic E-state index is 0.442. The molecule has 254 valence electrons. The summed E-state index contributed by atoms with van der Waals surface area (Å²) in [7, 11) is 0. The molecule has 3 nitrogen and oxygen atoms in total. The maximum Gasteiger partial charge on any atom is 0.100 e. The molecule has 8 aromatic carbocycles. The van der Waals surface area contributed by atoms with Crippen LogP contribution in [0.2, 0.25) is 0 Å². The first-order valence-corrected chi connectivity index (χ1v) is 18.4. The van der Waals surface area contributed by atoms with Gasteiger partial charge in [0.2, 0.25) is 0 Å². The average Bonchev–Trinajstić information content (AvgIpc) is 3.74. The van der Waals surface area contributed by atoms with Gasteiger partial charge in [-0.2, -0.15) is 0 Å². The van der Waals surface area contributed by atoms with E-state index in [1.54, 1.807) is 0 Å². The van der Waals surface area contributed by atoms with Crippen LogP contribution in [-0.2, 0) is 5.41 Å². The van der Waals surface area contributed by atoms with E-state index in [0.29, 0.717) is 5.71 Å². The van der Waals surface area contributed by atoms with Gasteiger partial charge in [0.15, 0.2) is 0 Å². The van der Waals surface area contributed by atoms with Crippen molar-refractivity contribution < 1.29 is 0 Å². The Kier molecular flexibility index (Phi) is 7.52. The third-order valence-electron chi connectivity index (χ3n) is 11.1. The number of aromatic nitrogens is 1. The van der Waals surface area contributed by atoms with E-state index in [1.165, 1.54) is 44.2 Å². The Morgan fingerprint density at radius 3 is 1.83 bits per heavy atom. The van der Waals surface area contributed by atoms with Crippen LogP contribution in [0.25, 0.3) is 44.1 Å². The van der Waals surface area contributed by atoms with E-state index in [-0.39, 0.29) is 0 Å². The van der Waals surface area contributed by atoms with E-state index in [0.717, 1.165) is 39.0 Å². The van der Waals surface area contributed by atoms with Gasteiger partial charge in [-0.05, 0) is 62.7 Å². The lowest BCUT2D eigenvalue weighted by Crippen LogP contribution is -2.28. The highest BCUT2D eigenvalue weighted by Gasteiger charge is 2.46. The largest absolute Gasteiger partial charge is 0.300 e. The van der Waals surface area contributed by atoms with Crippen molar-refractivity contribution in [3.05, 3.63) is 234 Å². The van der Waals surface area contributed by atoms with Crippen molar-refractivity contribution in [2.24, 2.45) is 4.99 Å². The summed E-state index contributed by atoms with van der Waals surface area (Å²) in [5.74, 6) is 0. The zero-order valence-corrected chi connectivity index (χ0v) is 29.5. The van der Waals surface area contributed by atoms with Crippen molar-refractivity contribution in [1.29, 1.82) is 5.41 Å². The van der Waals surface area contributed by atoms with Gasteiger partial charge >= 0.3 is 0 Å². The summed E-state index contributed by atoms with van der Waals surface area (Å²) < 4.78 is 2.22. The van der Waals surface area contributed by atoms with Crippen molar-refractivity contribution in [1.82, 2.24) is 4.57 Å². The summed E-state index contributed by atoms with van der Waals surface area (Å²) in [6, 6.07) is 70.6. The Morgan fingerprint density at radius 2 is 1.09 bits per heavy atom. The van der Waals surface area contributed by atoms with E-state index in [9.17, 15) is 5.41 Å². The van der Waals surface area contributed by atoms with Crippen LogP contribution in [0.3, 0.4) is 0 Å². The van der Waals surface area contributed by atoms with Gasteiger partial charge in [-0.15, -0.1) is 0 Å². The monoisotopic (exact) mass is 689 g/mol. The van der Waals surface area contributed by atoms with Gasteiger partial charge in [-0.3, -0.25) is 9.98 Å². The third-order valence-corrected chi connectivity index (χ3v) is 11.1. The highest BCUT2D eigenvalue weighted by atomic mass is 15.0. The second-order valence-electron chi connectivity index (χ2n) is 13.9. The van der Waals surface area contributed by atoms with Crippen LogP contribution in [0.5, 0.6) is 0 Å².